The van der Waals surface area contributed by atoms with Gasteiger partial charge in [0, 0.05) is 21.4 Å². The van der Waals surface area contributed by atoms with Crippen molar-refractivity contribution in [2.75, 3.05) is 16.2 Å². The van der Waals surface area contributed by atoms with Crippen LogP contribution in [0, 0.1) is 0 Å². The van der Waals surface area contributed by atoms with Gasteiger partial charge >= 0.3 is 5.97 Å². The lowest BCUT2D eigenvalue weighted by Crippen LogP contribution is -2.28. The molecule has 11 heteroatoms. The fourth-order valence-electron chi connectivity index (χ4n) is 3.25. The van der Waals surface area contributed by atoms with Gasteiger partial charge in [-0.2, -0.15) is 0 Å². The number of aromatic carboxylic acids is 1. The molecule has 3 aromatic rings. The molecule has 31 heavy (non-hydrogen) atoms. The smallest absolute Gasteiger partial charge is 0.337 e. The number of carbonyl (C=O) groups is 2. The standard InChI is InChI=1S/C20H14BrClN2O5S2/c21-13-2-4-16(15(8-13)20(26)27)23-19(25)12-7-18(30-10-12)31(28,29)24-6-5-11-1-3-14(22)9-17(11)24/h1-4,7-10H,5-6H2,(H,23,25)(H,26,27). The number of fused-ring (bicyclic) bond motifs is 1. The molecule has 160 valence electrons. The monoisotopic (exact) mass is 540 g/mol. The number of carboxylic acids is 1. The van der Waals surface area contributed by atoms with Gasteiger partial charge in [0.1, 0.15) is 4.21 Å². The van der Waals surface area contributed by atoms with Crippen molar-refractivity contribution in [2.24, 2.45) is 0 Å². The quantitative estimate of drug-likeness (QED) is 0.480. The minimum Gasteiger partial charge on any atom is -0.478 e. The molecule has 1 amide bonds. The van der Waals surface area contributed by atoms with Crippen LogP contribution in [0.2, 0.25) is 5.02 Å². The zero-order chi connectivity index (χ0) is 22.3. The van der Waals surface area contributed by atoms with Crippen LogP contribution in [0.15, 0.2) is 56.5 Å². The fourth-order valence-corrected chi connectivity index (χ4v) is 6.54. The SMILES string of the molecule is O=C(Nc1ccc(Br)cc1C(=O)O)c1csc(S(=O)(=O)N2CCc3ccc(Cl)cc32)c1. The van der Waals surface area contributed by atoms with Gasteiger partial charge in [-0.3, -0.25) is 9.10 Å². The number of nitrogens with one attached hydrogen (secondary N) is 1. The number of rotatable bonds is 5. The van der Waals surface area contributed by atoms with Gasteiger partial charge in [0.2, 0.25) is 0 Å². The Morgan fingerprint density at radius 2 is 1.94 bits per heavy atom. The number of hydrogen-bond acceptors (Lipinski definition) is 5. The van der Waals surface area contributed by atoms with E-state index in [9.17, 15) is 23.1 Å². The summed E-state index contributed by atoms with van der Waals surface area (Å²) in [6, 6.07) is 10.9. The maximum Gasteiger partial charge on any atom is 0.337 e. The molecule has 1 aliphatic heterocycles. The van der Waals surface area contributed by atoms with E-state index in [0.717, 1.165) is 16.9 Å². The first-order valence-electron chi connectivity index (χ1n) is 8.91. The minimum absolute atomic E-state index is 0.0136. The summed E-state index contributed by atoms with van der Waals surface area (Å²) in [5, 5.41) is 13.7. The molecular formula is C20H14BrClN2O5S2. The molecule has 2 N–H and O–H groups in total. The van der Waals surface area contributed by atoms with Crippen LogP contribution in [0.1, 0.15) is 26.3 Å². The first kappa shape index (κ1) is 21.8. The first-order valence-corrected chi connectivity index (χ1v) is 12.4. The highest BCUT2D eigenvalue weighted by Crippen LogP contribution is 2.36. The molecule has 1 aliphatic rings. The zero-order valence-electron chi connectivity index (χ0n) is 15.6. The molecule has 4 rings (SSSR count). The zero-order valence-corrected chi connectivity index (χ0v) is 19.6. The predicted octanol–water partition coefficient (Wildman–Crippen LogP) is 4.87. The van der Waals surface area contributed by atoms with Crippen molar-refractivity contribution in [2.45, 2.75) is 10.6 Å². The van der Waals surface area contributed by atoms with E-state index in [1.807, 2.05) is 0 Å². The topological polar surface area (TPSA) is 104 Å². The Hall–Kier alpha value is -2.40. The van der Waals surface area contributed by atoms with E-state index >= 15 is 0 Å². The van der Waals surface area contributed by atoms with Crippen LogP contribution >= 0.6 is 38.9 Å². The van der Waals surface area contributed by atoms with Crippen molar-refractivity contribution >= 4 is 72.1 Å². The first-order chi connectivity index (χ1) is 14.7. The molecule has 0 radical (unpaired) electrons. The number of benzene rings is 2. The second-order valence-electron chi connectivity index (χ2n) is 6.70. The highest BCUT2D eigenvalue weighted by Gasteiger charge is 2.32. The third-order valence-electron chi connectivity index (χ3n) is 4.74. The largest absolute Gasteiger partial charge is 0.478 e. The van der Waals surface area contributed by atoms with Gasteiger partial charge in [-0.05, 0) is 48.4 Å². The van der Waals surface area contributed by atoms with E-state index in [0.29, 0.717) is 21.6 Å². The average molecular weight is 542 g/mol. The average Bonchev–Trinajstić information content (AvgIpc) is 3.36. The number of halogens is 2. The number of sulfonamides is 1. The Labute approximate surface area is 195 Å². The van der Waals surface area contributed by atoms with Crippen LogP contribution in [0.4, 0.5) is 11.4 Å². The number of carbonyl (C=O) groups excluding carboxylic acids is 1. The summed E-state index contributed by atoms with van der Waals surface area (Å²) in [4.78, 5) is 24.1. The molecule has 0 atom stereocenters. The summed E-state index contributed by atoms with van der Waals surface area (Å²) >= 11 is 10.2. The molecule has 0 spiro atoms. The van der Waals surface area contributed by atoms with E-state index in [4.69, 9.17) is 11.6 Å². The second kappa shape index (κ2) is 8.27. The normalized spacial score (nSPS) is 13.2. The summed E-state index contributed by atoms with van der Waals surface area (Å²) in [6.07, 6.45) is 0.575. The third-order valence-corrected chi connectivity index (χ3v) is 8.70. The lowest BCUT2D eigenvalue weighted by molar-refractivity contribution is 0.0698. The molecule has 0 aliphatic carbocycles. The van der Waals surface area contributed by atoms with E-state index in [-0.39, 0.29) is 27.6 Å². The maximum atomic E-state index is 13.2. The number of carboxylic acid groups (broad SMARTS) is 1. The van der Waals surface area contributed by atoms with Crippen LogP contribution in [0.3, 0.4) is 0 Å². The third kappa shape index (κ3) is 4.20. The summed E-state index contributed by atoms with van der Waals surface area (Å²) in [5.41, 5.74) is 1.57. The predicted molar refractivity (Wildman–Crippen MR) is 123 cm³/mol. The lowest BCUT2D eigenvalue weighted by Gasteiger charge is -2.18. The Morgan fingerprint density at radius 1 is 1.16 bits per heavy atom. The number of hydrogen-bond donors (Lipinski definition) is 2. The molecule has 0 fully saturated rings. The molecule has 0 unspecified atom stereocenters. The van der Waals surface area contributed by atoms with Crippen LogP contribution < -0.4 is 9.62 Å². The van der Waals surface area contributed by atoms with E-state index in [2.05, 4.69) is 21.2 Å². The fraction of sp³-hybridized carbons (Fsp3) is 0.100. The molecule has 0 bridgehead atoms. The van der Waals surface area contributed by atoms with Crippen LogP contribution in [-0.4, -0.2) is 31.9 Å². The molecule has 1 aromatic heterocycles. The van der Waals surface area contributed by atoms with Crippen molar-refractivity contribution in [3.63, 3.8) is 0 Å². The van der Waals surface area contributed by atoms with Gasteiger partial charge in [0.25, 0.3) is 15.9 Å². The Morgan fingerprint density at radius 3 is 2.68 bits per heavy atom. The summed E-state index contributed by atoms with van der Waals surface area (Å²) < 4.78 is 28.2. The highest BCUT2D eigenvalue weighted by atomic mass is 79.9. The highest BCUT2D eigenvalue weighted by molar-refractivity contribution is 9.10. The van der Waals surface area contributed by atoms with Gasteiger partial charge in [-0.1, -0.05) is 33.6 Å². The molecule has 2 aromatic carbocycles. The van der Waals surface area contributed by atoms with Gasteiger partial charge in [-0.15, -0.1) is 11.3 Å². The second-order valence-corrected chi connectivity index (χ2v) is 11.1. The van der Waals surface area contributed by atoms with Crippen molar-refractivity contribution < 1.29 is 23.1 Å². The van der Waals surface area contributed by atoms with Gasteiger partial charge < -0.3 is 10.4 Å². The summed E-state index contributed by atoms with van der Waals surface area (Å²) in [6.45, 7) is 0.290. The molecule has 7 nitrogen and oxygen atoms in total. The van der Waals surface area contributed by atoms with Gasteiger partial charge in [0.15, 0.2) is 0 Å². The van der Waals surface area contributed by atoms with Crippen LogP contribution in [0.25, 0.3) is 0 Å². The number of amides is 1. The summed E-state index contributed by atoms with van der Waals surface area (Å²) in [5.74, 6) is -1.80. The Bertz CT molecular complexity index is 1320. The van der Waals surface area contributed by atoms with Crippen LogP contribution in [-0.2, 0) is 16.4 Å². The van der Waals surface area contributed by atoms with Crippen LogP contribution in [0.5, 0.6) is 0 Å². The number of anilines is 2. The molecular weight excluding hydrogens is 528 g/mol. The van der Waals surface area contributed by atoms with E-state index < -0.39 is 21.9 Å². The van der Waals surface area contributed by atoms with Crippen molar-refractivity contribution in [3.05, 3.63) is 74.0 Å². The minimum atomic E-state index is -3.87. The van der Waals surface area contributed by atoms with Crippen molar-refractivity contribution in [1.82, 2.24) is 0 Å². The molecule has 0 saturated carbocycles. The Balaban J connectivity index is 1.60. The maximum absolute atomic E-state index is 13.2. The molecule has 2 heterocycles. The Kier molecular flexibility index (Phi) is 5.82. The lowest BCUT2D eigenvalue weighted by atomic mass is 10.1. The van der Waals surface area contributed by atoms with E-state index in [1.165, 1.54) is 27.9 Å². The summed E-state index contributed by atoms with van der Waals surface area (Å²) in [7, 11) is -3.87. The molecule has 0 saturated heterocycles. The van der Waals surface area contributed by atoms with Gasteiger partial charge in [0.05, 0.1) is 22.5 Å². The number of nitrogens with zero attached hydrogens (tertiary/aromatic N) is 1. The van der Waals surface area contributed by atoms with Crippen molar-refractivity contribution in [1.29, 1.82) is 0 Å². The van der Waals surface area contributed by atoms with Crippen molar-refractivity contribution in [3.8, 4) is 0 Å². The van der Waals surface area contributed by atoms with Gasteiger partial charge in [-0.25, -0.2) is 13.2 Å². The number of thiophene rings is 1. The van der Waals surface area contributed by atoms with E-state index in [1.54, 1.807) is 24.3 Å².